The lowest BCUT2D eigenvalue weighted by Crippen LogP contribution is -2.34. The van der Waals surface area contributed by atoms with Crippen LogP contribution >= 0.6 is 0 Å². The fraction of sp³-hybridized carbons (Fsp3) is 0.714. The molecule has 0 aromatic heterocycles. The Morgan fingerprint density at radius 1 is 1.17 bits per heavy atom. The molecule has 0 N–H and O–H groups in total. The van der Waals surface area contributed by atoms with Crippen LogP contribution in [0.25, 0.3) is 0 Å². The Hall–Kier alpha value is -1.16. The molecule has 0 radical (unpaired) electrons. The highest BCUT2D eigenvalue weighted by atomic mass is 15.3. The molecule has 0 unspecified atom stereocenters. The van der Waals surface area contributed by atoms with Crippen LogP contribution in [0.1, 0.15) is 34.1 Å². The van der Waals surface area contributed by atoms with E-state index in [-0.39, 0.29) is 0 Å². The van der Waals surface area contributed by atoms with Crippen LogP contribution < -0.4 is 0 Å². The molecule has 1 aliphatic heterocycles. The molecule has 102 valence electrons. The maximum absolute atomic E-state index is 4.32. The van der Waals surface area contributed by atoms with Crippen LogP contribution in [-0.4, -0.2) is 54.4 Å². The van der Waals surface area contributed by atoms with Crippen molar-refractivity contribution in [1.29, 1.82) is 0 Å². The third-order valence-electron chi connectivity index (χ3n) is 3.18. The van der Waals surface area contributed by atoms with Crippen molar-refractivity contribution >= 4 is 12.4 Å². The van der Waals surface area contributed by atoms with Gasteiger partial charge in [-0.2, -0.15) is 0 Å². The lowest BCUT2D eigenvalue weighted by molar-refractivity contribution is 0.229. The van der Waals surface area contributed by atoms with E-state index in [4.69, 9.17) is 0 Å². The van der Waals surface area contributed by atoms with Crippen molar-refractivity contribution in [2.45, 2.75) is 40.2 Å². The van der Waals surface area contributed by atoms with E-state index >= 15 is 0 Å². The minimum absolute atomic E-state index is 0.616. The van der Waals surface area contributed by atoms with E-state index in [1.54, 1.807) is 0 Å². The summed E-state index contributed by atoms with van der Waals surface area (Å²) in [6.07, 6.45) is 2.99. The summed E-state index contributed by atoms with van der Waals surface area (Å²) in [4.78, 5) is 13.2. The quantitative estimate of drug-likeness (QED) is 0.717. The van der Waals surface area contributed by atoms with E-state index in [0.717, 1.165) is 37.7 Å². The molecule has 18 heavy (non-hydrogen) atoms. The second-order valence-electron chi connectivity index (χ2n) is 5.19. The van der Waals surface area contributed by atoms with E-state index in [1.807, 2.05) is 20.0 Å². The standard InChI is InChI=1S/C14H26N4/c1-12(2)16-11-14(15-5)18-8-6-7-17(9-10-18)13(3)4/h11,13H,5-10H2,1-4H3/b14-11+. The Morgan fingerprint density at radius 2 is 1.89 bits per heavy atom. The summed E-state index contributed by atoms with van der Waals surface area (Å²) in [5.41, 5.74) is 1.04. The first-order valence-electron chi connectivity index (χ1n) is 6.71. The van der Waals surface area contributed by atoms with E-state index in [2.05, 4.69) is 40.3 Å². The molecule has 1 rings (SSSR count). The molecule has 0 amide bonds. The highest BCUT2D eigenvalue weighted by Crippen LogP contribution is 2.12. The molecule has 1 aliphatic rings. The van der Waals surface area contributed by atoms with Gasteiger partial charge in [-0.15, -0.1) is 0 Å². The molecule has 0 saturated carbocycles. The highest BCUT2D eigenvalue weighted by Gasteiger charge is 2.17. The molecule has 0 aromatic carbocycles. The van der Waals surface area contributed by atoms with Gasteiger partial charge < -0.3 is 4.90 Å². The molecular formula is C14H26N4. The largest absolute Gasteiger partial charge is 0.354 e. The molecule has 4 heteroatoms. The van der Waals surface area contributed by atoms with E-state index in [0.29, 0.717) is 6.04 Å². The Bertz CT molecular complexity index is 327. The highest BCUT2D eigenvalue weighted by molar-refractivity contribution is 5.79. The predicted molar refractivity (Wildman–Crippen MR) is 79.3 cm³/mol. The van der Waals surface area contributed by atoms with Gasteiger partial charge in [0.2, 0.25) is 0 Å². The van der Waals surface area contributed by atoms with Crippen molar-refractivity contribution in [2.24, 2.45) is 9.98 Å². The summed E-state index contributed by atoms with van der Waals surface area (Å²) in [5, 5.41) is 0. The zero-order chi connectivity index (χ0) is 13.5. The first kappa shape index (κ1) is 14.9. The minimum Gasteiger partial charge on any atom is -0.354 e. The van der Waals surface area contributed by atoms with Crippen molar-refractivity contribution in [3.05, 3.63) is 12.0 Å². The van der Waals surface area contributed by atoms with Gasteiger partial charge >= 0.3 is 0 Å². The average Bonchev–Trinajstić information content (AvgIpc) is 2.55. The van der Waals surface area contributed by atoms with Gasteiger partial charge in [0.15, 0.2) is 0 Å². The summed E-state index contributed by atoms with van der Waals surface area (Å²) in [6, 6.07) is 0.616. The van der Waals surface area contributed by atoms with Gasteiger partial charge in [-0.3, -0.25) is 9.89 Å². The number of nitrogens with zero attached hydrogens (tertiary/aromatic N) is 4. The molecule has 0 bridgehead atoms. The number of hydrogen-bond donors (Lipinski definition) is 0. The molecule has 0 aliphatic carbocycles. The summed E-state index contributed by atoms with van der Waals surface area (Å²) in [6.45, 7) is 16.4. The fourth-order valence-corrected chi connectivity index (χ4v) is 2.09. The van der Waals surface area contributed by atoms with Crippen LogP contribution in [0.15, 0.2) is 22.0 Å². The lowest BCUT2D eigenvalue weighted by Gasteiger charge is -2.25. The van der Waals surface area contributed by atoms with E-state index < -0.39 is 0 Å². The van der Waals surface area contributed by atoms with Gasteiger partial charge in [-0.1, -0.05) is 0 Å². The van der Waals surface area contributed by atoms with Gasteiger partial charge in [0, 0.05) is 37.9 Å². The first-order chi connectivity index (χ1) is 8.54. The van der Waals surface area contributed by atoms with Crippen molar-refractivity contribution in [2.75, 3.05) is 26.2 Å². The Labute approximate surface area is 111 Å². The smallest absolute Gasteiger partial charge is 0.146 e. The van der Waals surface area contributed by atoms with Crippen molar-refractivity contribution in [3.8, 4) is 0 Å². The van der Waals surface area contributed by atoms with E-state index in [1.165, 1.54) is 6.42 Å². The number of aliphatic imine (C=N–C) groups is 2. The fourth-order valence-electron chi connectivity index (χ4n) is 2.09. The van der Waals surface area contributed by atoms with Gasteiger partial charge in [-0.25, -0.2) is 4.99 Å². The summed E-state index contributed by atoms with van der Waals surface area (Å²) < 4.78 is 0. The first-order valence-corrected chi connectivity index (χ1v) is 6.71. The molecular weight excluding hydrogens is 224 g/mol. The van der Waals surface area contributed by atoms with E-state index in [9.17, 15) is 0 Å². The maximum atomic E-state index is 4.32. The third kappa shape index (κ3) is 4.61. The van der Waals surface area contributed by atoms with Crippen molar-refractivity contribution in [3.63, 3.8) is 0 Å². The van der Waals surface area contributed by atoms with Gasteiger partial charge in [0.05, 0.1) is 6.20 Å². The van der Waals surface area contributed by atoms with Crippen LogP contribution in [0.2, 0.25) is 0 Å². The lowest BCUT2D eigenvalue weighted by atomic mass is 10.3. The number of rotatable bonds is 4. The molecule has 1 heterocycles. The molecule has 1 saturated heterocycles. The van der Waals surface area contributed by atoms with Crippen molar-refractivity contribution in [1.82, 2.24) is 9.80 Å². The van der Waals surface area contributed by atoms with Gasteiger partial charge in [0.25, 0.3) is 0 Å². The van der Waals surface area contributed by atoms with Gasteiger partial charge in [-0.05, 0) is 40.8 Å². The van der Waals surface area contributed by atoms with Crippen LogP contribution in [-0.2, 0) is 0 Å². The zero-order valence-corrected chi connectivity index (χ0v) is 12.2. The monoisotopic (exact) mass is 250 g/mol. The molecule has 0 spiro atoms. The van der Waals surface area contributed by atoms with Crippen LogP contribution in [0.3, 0.4) is 0 Å². The Morgan fingerprint density at radius 3 is 2.44 bits per heavy atom. The molecule has 0 aromatic rings. The third-order valence-corrected chi connectivity index (χ3v) is 3.18. The zero-order valence-electron chi connectivity index (χ0n) is 12.2. The predicted octanol–water partition coefficient (Wildman–Crippen LogP) is 2.38. The summed E-state index contributed by atoms with van der Waals surface area (Å²) in [7, 11) is 0. The second-order valence-corrected chi connectivity index (χ2v) is 5.19. The molecule has 1 fully saturated rings. The normalized spacial score (nSPS) is 18.7. The van der Waals surface area contributed by atoms with Crippen LogP contribution in [0.5, 0.6) is 0 Å². The summed E-state index contributed by atoms with van der Waals surface area (Å²) in [5.74, 6) is 0.891. The molecule has 4 nitrogen and oxygen atoms in total. The number of hydrogen-bond acceptors (Lipinski definition) is 4. The second kappa shape index (κ2) is 7.31. The Balaban J connectivity index is 2.68. The maximum Gasteiger partial charge on any atom is 0.146 e. The van der Waals surface area contributed by atoms with Crippen LogP contribution in [0.4, 0.5) is 0 Å². The molecule has 0 atom stereocenters. The van der Waals surface area contributed by atoms with Crippen LogP contribution in [0, 0.1) is 0 Å². The van der Waals surface area contributed by atoms with Crippen molar-refractivity contribution < 1.29 is 0 Å². The Kier molecular flexibility index (Phi) is 6.05. The summed E-state index contributed by atoms with van der Waals surface area (Å²) >= 11 is 0. The SMILES string of the molecule is C=N/C(=C\N=C(C)C)N1CCCN(C(C)C)CC1. The topological polar surface area (TPSA) is 31.2 Å². The average molecular weight is 250 g/mol. The van der Waals surface area contributed by atoms with Gasteiger partial charge in [0.1, 0.15) is 5.82 Å². The minimum atomic E-state index is 0.616.